The van der Waals surface area contributed by atoms with Gasteiger partial charge in [-0.2, -0.15) is 0 Å². The number of nitrogens with zero attached hydrogens (tertiary/aromatic N) is 2. The second kappa shape index (κ2) is 4.35. The molecule has 7 heteroatoms. The molecule has 15 heavy (non-hydrogen) atoms. The molecule has 6 nitrogen and oxygen atoms in total. The van der Waals surface area contributed by atoms with Gasteiger partial charge in [0.25, 0.3) is 5.91 Å². The van der Waals surface area contributed by atoms with Crippen LogP contribution in [0.2, 0.25) is 0 Å². The van der Waals surface area contributed by atoms with Crippen molar-refractivity contribution in [2.45, 2.75) is 25.8 Å². The Kier molecular flexibility index (Phi) is 3.35. The van der Waals surface area contributed by atoms with Crippen LogP contribution in [0.4, 0.5) is 0 Å². The summed E-state index contributed by atoms with van der Waals surface area (Å²) in [7, 11) is 0. The zero-order valence-corrected chi connectivity index (χ0v) is 9.17. The summed E-state index contributed by atoms with van der Waals surface area (Å²) in [5, 5.41) is 16.4. The molecule has 0 bridgehead atoms. The molecule has 0 aliphatic carbocycles. The van der Waals surface area contributed by atoms with Gasteiger partial charge in [0, 0.05) is 5.38 Å². The summed E-state index contributed by atoms with van der Waals surface area (Å²) in [5.41, 5.74) is -1.12. The number of aliphatic carboxylic acids is 1. The molecule has 0 saturated carbocycles. The van der Waals surface area contributed by atoms with Crippen molar-refractivity contribution >= 4 is 23.4 Å². The number of carboxylic acids is 1. The molecule has 2 N–H and O–H groups in total. The number of carboxylic acid groups (broad SMARTS) is 1. The van der Waals surface area contributed by atoms with Crippen molar-refractivity contribution < 1.29 is 14.7 Å². The summed E-state index contributed by atoms with van der Waals surface area (Å²) in [5.74, 6) is -1.59. The van der Waals surface area contributed by atoms with Crippen LogP contribution < -0.4 is 5.32 Å². The number of carbonyl (C=O) groups excluding carboxylic acids is 1. The molecule has 1 rings (SSSR count). The topological polar surface area (TPSA) is 92.2 Å². The third-order valence-electron chi connectivity index (χ3n) is 2.16. The number of hydrogen-bond donors (Lipinski definition) is 2. The summed E-state index contributed by atoms with van der Waals surface area (Å²) < 4.78 is 3.53. The summed E-state index contributed by atoms with van der Waals surface area (Å²) in [6.07, 6.45) is 0.297. The van der Waals surface area contributed by atoms with Crippen molar-refractivity contribution in [1.29, 1.82) is 0 Å². The van der Waals surface area contributed by atoms with Crippen LogP contribution in [0.25, 0.3) is 0 Å². The van der Waals surface area contributed by atoms with E-state index < -0.39 is 17.4 Å². The van der Waals surface area contributed by atoms with Gasteiger partial charge >= 0.3 is 5.97 Å². The molecule has 1 atom stereocenters. The molecule has 82 valence electrons. The van der Waals surface area contributed by atoms with Crippen LogP contribution in [-0.4, -0.2) is 32.1 Å². The van der Waals surface area contributed by atoms with Gasteiger partial charge in [0.2, 0.25) is 0 Å². The number of rotatable bonds is 4. The van der Waals surface area contributed by atoms with E-state index in [0.717, 1.165) is 11.5 Å². The van der Waals surface area contributed by atoms with Crippen molar-refractivity contribution in [3.63, 3.8) is 0 Å². The van der Waals surface area contributed by atoms with Crippen LogP contribution in [-0.2, 0) is 4.79 Å². The van der Waals surface area contributed by atoms with Gasteiger partial charge < -0.3 is 10.4 Å². The van der Waals surface area contributed by atoms with E-state index >= 15 is 0 Å². The minimum atomic E-state index is -1.26. The Morgan fingerprint density at radius 3 is 2.73 bits per heavy atom. The number of hydrogen-bond acceptors (Lipinski definition) is 5. The Morgan fingerprint density at radius 2 is 2.33 bits per heavy atom. The summed E-state index contributed by atoms with van der Waals surface area (Å²) in [6.45, 7) is 3.14. The van der Waals surface area contributed by atoms with E-state index in [-0.39, 0.29) is 5.69 Å². The largest absolute Gasteiger partial charge is 0.480 e. The van der Waals surface area contributed by atoms with Gasteiger partial charge in [-0.25, -0.2) is 4.79 Å². The Bertz CT molecular complexity index is 365. The second-order valence-corrected chi connectivity index (χ2v) is 3.84. The molecular formula is C8H11N3O3S. The van der Waals surface area contributed by atoms with E-state index in [0.29, 0.717) is 6.42 Å². The smallest absolute Gasteiger partial charge is 0.329 e. The number of amides is 1. The van der Waals surface area contributed by atoms with E-state index in [1.165, 1.54) is 12.3 Å². The first-order valence-corrected chi connectivity index (χ1v) is 5.16. The zero-order chi connectivity index (χ0) is 11.5. The average molecular weight is 229 g/mol. The second-order valence-electron chi connectivity index (χ2n) is 3.24. The number of nitrogens with one attached hydrogen (secondary N) is 1. The molecule has 0 saturated heterocycles. The molecule has 0 aliphatic rings. The molecule has 0 aliphatic heterocycles. The minimum absolute atomic E-state index is 0.140. The lowest BCUT2D eigenvalue weighted by Crippen LogP contribution is -2.51. The maximum atomic E-state index is 11.5. The van der Waals surface area contributed by atoms with E-state index in [2.05, 4.69) is 14.9 Å². The molecule has 1 amide bonds. The molecule has 1 unspecified atom stereocenters. The molecule has 1 heterocycles. The molecule has 0 fully saturated rings. The fraction of sp³-hybridized carbons (Fsp3) is 0.500. The highest BCUT2D eigenvalue weighted by Gasteiger charge is 2.33. The van der Waals surface area contributed by atoms with Crippen molar-refractivity contribution in [2.75, 3.05) is 0 Å². The van der Waals surface area contributed by atoms with E-state index in [4.69, 9.17) is 5.11 Å². The Hall–Kier alpha value is -1.50. The summed E-state index contributed by atoms with van der Waals surface area (Å²) >= 11 is 1.04. The molecule has 1 aromatic rings. The first-order valence-electron chi connectivity index (χ1n) is 4.32. The van der Waals surface area contributed by atoms with Crippen molar-refractivity contribution in [3.05, 3.63) is 11.1 Å². The summed E-state index contributed by atoms with van der Waals surface area (Å²) in [4.78, 5) is 22.4. The predicted molar refractivity (Wildman–Crippen MR) is 53.7 cm³/mol. The van der Waals surface area contributed by atoms with E-state index in [9.17, 15) is 9.59 Å². The van der Waals surface area contributed by atoms with Gasteiger partial charge in [-0.3, -0.25) is 4.79 Å². The van der Waals surface area contributed by atoms with Crippen LogP contribution in [0.1, 0.15) is 30.8 Å². The number of carbonyl (C=O) groups is 2. The third-order valence-corrected chi connectivity index (χ3v) is 2.67. The monoisotopic (exact) mass is 229 g/mol. The Morgan fingerprint density at radius 1 is 1.67 bits per heavy atom. The lowest BCUT2D eigenvalue weighted by atomic mass is 9.99. The standard InChI is InChI=1S/C8H11N3O3S/c1-3-8(2,7(13)14)9-6(12)5-4-15-11-10-5/h4H,3H2,1-2H3,(H,9,12)(H,13,14). The van der Waals surface area contributed by atoms with Gasteiger partial charge in [-0.05, 0) is 24.9 Å². The van der Waals surface area contributed by atoms with E-state index in [1.807, 2.05) is 0 Å². The third kappa shape index (κ3) is 2.50. The Balaban J connectivity index is 2.77. The van der Waals surface area contributed by atoms with E-state index in [1.54, 1.807) is 6.92 Å². The highest BCUT2D eigenvalue weighted by molar-refractivity contribution is 7.03. The zero-order valence-electron chi connectivity index (χ0n) is 8.35. The SMILES string of the molecule is CCC(C)(NC(=O)c1csnn1)C(=O)O. The maximum absolute atomic E-state index is 11.5. The van der Waals surface area contributed by atoms with Gasteiger partial charge in [0.1, 0.15) is 5.54 Å². The lowest BCUT2D eigenvalue weighted by Gasteiger charge is -2.23. The average Bonchev–Trinajstić information content (AvgIpc) is 2.70. The van der Waals surface area contributed by atoms with Crippen LogP contribution in [0, 0.1) is 0 Å². The van der Waals surface area contributed by atoms with Crippen molar-refractivity contribution in [1.82, 2.24) is 14.9 Å². The summed E-state index contributed by atoms with van der Waals surface area (Å²) in [6, 6.07) is 0. The van der Waals surface area contributed by atoms with Crippen molar-refractivity contribution in [3.8, 4) is 0 Å². The highest BCUT2D eigenvalue weighted by Crippen LogP contribution is 2.10. The van der Waals surface area contributed by atoms with Crippen LogP contribution in [0.15, 0.2) is 5.38 Å². The van der Waals surface area contributed by atoms with Gasteiger partial charge in [-0.1, -0.05) is 11.4 Å². The quantitative estimate of drug-likeness (QED) is 0.785. The van der Waals surface area contributed by atoms with Crippen LogP contribution >= 0.6 is 11.5 Å². The van der Waals surface area contributed by atoms with Gasteiger partial charge in [0.05, 0.1) is 0 Å². The lowest BCUT2D eigenvalue weighted by molar-refractivity contribution is -0.143. The maximum Gasteiger partial charge on any atom is 0.329 e. The normalized spacial score (nSPS) is 14.3. The van der Waals surface area contributed by atoms with Crippen LogP contribution in [0.5, 0.6) is 0 Å². The van der Waals surface area contributed by atoms with Gasteiger partial charge in [-0.15, -0.1) is 5.10 Å². The Labute approximate surface area is 90.5 Å². The minimum Gasteiger partial charge on any atom is -0.480 e. The molecule has 0 radical (unpaired) electrons. The fourth-order valence-corrected chi connectivity index (χ4v) is 1.31. The number of aromatic nitrogens is 2. The molecule has 0 aromatic carbocycles. The predicted octanol–water partition coefficient (Wildman–Crippen LogP) is 0.521. The molecular weight excluding hydrogens is 218 g/mol. The molecule has 0 spiro atoms. The fourth-order valence-electron chi connectivity index (χ4n) is 0.871. The van der Waals surface area contributed by atoms with Crippen molar-refractivity contribution in [2.24, 2.45) is 0 Å². The van der Waals surface area contributed by atoms with Gasteiger partial charge in [0.15, 0.2) is 5.69 Å². The van der Waals surface area contributed by atoms with Crippen LogP contribution in [0.3, 0.4) is 0 Å². The highest BCUT2D eigenvalue weighted by atomic mass is 32.1. The first kappa shape index (κ1) is 11.6. The first-order chi connectivity index (χ1) is 6.99. The molecule has 1 aromatic heterocycles.